The van der Waals surface area contributed by atoms with Crippen LogP contribution >= 0.6 is 15.9 Å². The second-order valence-electron chi connectivity index (χ2n) is 5.03. The van der Waals surface area contributed by atoms with Gasteiger partial charge in [-0.1, -0.05) is 28.8 Å². The fourth-order valence-corrected chi connectivity index (χ4v) is 3.47. The molecule has 18 heavy (non-hydrogen) atoms. The van der Waals surface area contributed by atoms with E-state index in [4.69, 9.17) is 0 Å². The number of pyridine rings is 1. The molecule has 1 saturated carbocycles. The van der Waals surface area contributed by atoms with Crippen LogP contribution < -0.4 is 0 Å². The number of carbonyl (C=O) groups excluding carboxylic acids is 1. The predicted molar refractivity (Wildman–Crippen MR) is 76.0 cm³/mol. The molecule has 0 bridgehead atoms. The monoisotopic (exact) mass is 310 g/mol. The van der Waals surface area contributed by atoms with E-state index >= 15 is 0 Å². The molecule has 1 aromatic heterocycles. The van der Waals surface area contributed by atoms with Crippen LogP contribution in [0, 0.1) is 6.92 Å². The van der Waals surface area contributed by atoms with E-state index in [9.17, 15) is 4.79 Å². The quantitative estimate of drug-likeness (QED) is 0.786. The average Bonchev–Trinajstić information content (AvgIpc) is 2.37. The van der Waals surface area contributed by atoms with Gasteiger partial charge >= 0.3 is 0 Å². The molecule has 0 spiro atoms. The van der Waals surface area contributed by atoms with E-state index in [1.54, 1.807) is 12.4 Å². The van der Waals surface area contributed by atoms with Gasteiger partial charge in [0.1, 0.15) is 0 Å². The van der Waals surface area contributed by atoms with Gasteiger partial charge < -0.3 is 4.90 Å². The maximum absolute atomic E-state index is 12.4. The summed E-state index contributed by atoms with van der Waals surface area (Å²) in [5.41, 5.74) is 1.70. The van der Waals surface area contributed by atoms with Crippen molar-refractivity contribution in [1.29, 1.82) is 0 Å². The number of rotatable bonds is 2. The first-order valence-corrected chi connectivity index (χ1v) is 7.34. The molecule has 1 aromatic rings. The number of hydrogen-bond donors (Lipinski definition) is 0. The molecule has 0 aromatic carbocycles. The minimum atomic E-state index is 0.0718. The van der Waals surface area contributed by atoms with Crippen LogP contribution in [0.2, 0.25) is 0 Å². The summed E-state index contributed by atoms with van der Waals surface area (Å²) in [5, 5.41) is 0. The number of carbonyl (C=O) groups is 1. The zero-order valence-corrected chi connectivity index (χ0v) is 12.5. The minimum Gasteiger partial charge on any atom is -0.338 e. The Balaban J connectivity index is 2.13. The maximum Gasteiger partial charge on any atom is 0.255 e. The molecule has 1 aliphatic rings. The molecule has 0 N–H and O–H groups in total. The molecule has 2 atom stereocenters. The van der Waals surface area contributed by atoms with Crippen LogP contribution in [0.1, 0.15) is 41.6 Å². The lowest BCUT2D eigenvalue weighted by molar-refractivity contribution is 0.0704. The smallest absolute Gasteiger partial charge is 0.255 e. The van der Waals surface area contributed by atoms with Crippen LogP contribution in [-0.2, 0) is 0 Å². The Morgan fingerprint density at radius 1 is 1.39 bits per heavy atom. The van der Waals surface area contributed by atoms with Gasteiger partial charge in [-0.2, -0.15) is 0 Å². The molecule has 3 nitrogen and oxygen atoms in total. The molecule has 0 aliphatic heterocycles. The molecule has 1 amide bonds. The van der Waals surface area contributed by atoms with E-state index in [0.717, 1.165) is 18.4 Å². The highest BCUT2D eigenvalue weighted by atomic mass is 79.9. The largest absolute Gasteiger partial charge is 0.338 e. The molecule has 1 aliphatic carbocycles. The van der Waals surface area contributed by atoms with Crippen LogP contribution in [0.5, 0.6) is 0 Å². The van der Waals surface area contributed by atoms with Gasteiger partial charge in [0.25, 0.3) is 5.91 Å². The zero-order chi connectivity index (χ0) is 13.1. The molecule has 0 radical (unpaired) electrons. The lowest BCUT2D eigenvalue weighted by Crippen LogP contribution is -2.44. The van der Waals surface area contributed by atoms with Crippen molar-refractivity contribution >= 4 is 21.8 Å². The van der Waals surface area contributed by atoms with Crippen LogP contribution in [0.25, 0.3) is 0 Å². The summed E-state index contributed by atoms with van der Waals surface area (Å²) in [4.78, 5) is 18.8. The Bertz CT molecular complexity index is 436. The summed E-state index contributed by atoms with van der Waals surface area (Å²) in [6.45, 7) is 1.96. The van der Waals surface area contributed by atoms with Crippen molar-refractivity contribution in [3.8, 4) is 0 Å². The summed E-state index contributed by atoms with van der Waals surface area (Å²) < 4.78 is 0. The highest BCUT2D eigenvalue weighted by Crippen LogP contribution is 2.28. The van der Waals surface area contributed by atoms with Gasteiger partial charge in [-0.3, -0.25) is 9.78 Å². The first-order chi connectivity index (χ1) is 8.59. The number of aryl methyl sites for hydroxylation is 1. The molecule has 1 fully saturated rings. The standard InChI is InChI=1S/C14H19BrN2O/c1-10-7-11(9-16-8-10)14(18)17(2)13-6-4-3-5-12(13)15/h7-9,12-13H,3-6H2,1-2H3. The van der Waals surface area contributed by atoms with Gasteiger partial charge in [0, 0.05) is 30.3 Å². The van der Waals surface area contributed by atoms with Crippen LogP contribution in [-0.4, -0.2) is 33.7 Å². The number of nitrogens with zero attached hydrogens (tertiary/aromatic N) is 2. The summed E-state index contributed by atoms with van der Waals surface area (Å²) in [5.74, 6) is 0.0718. The van der Waals surface area contributed by atoms with Crippen molar-refractivity contribution in [2.75, 3.05) is 7.05 Å². The number of hydrogen-bond acceptors (Lipinski definition) is 2. The molecule has 2 unspecified atom stereocenters. The van der Waals surface area contributed by atoms with Crippen molar-refractivity contribution < 1.29 is 4.79 Å². The molecule has 2 rings (SSSR count). The van der Waals surface area contributed by atoms with Crippen molar-refractivity contribution in [3.05, 3.63) is 29.6 Å². The molecular weight excluding hydrogens is 292 g/mol. The van der Waals surface area contributed by atoms with Gasteiger partial charge in [-0.05, 0) is 31.4 Å². The Morgan fingerprint density at radius 3 is 2.78 bits per heavy atom. The molecular formula is C14H19BrN2O. The normalized spacial score (nSPS) is 23.7. The van der Waals surface area contributed by atoms with E-state index in [1.807, 2.05) is 24.9 Å². The van der Waals surface area contributed by atoms with E-state index in [1.165, 1.54) is 12.8 Å². The summed E-state index contributed by atoms with van der Waals surface area (Å²) in [6, 6.07) is 2.20. The SMILES string of the molecule is Cc1cncc(C(=O)N(C)C2CCCCC2Br)c1. The number of amides is 1. The van der Waals surface area contributed by atoms with E-state index < -0.39 is 0 Å². The van der Waals surface area contributed by atoms with E-state index in [0.29, 0.717) is 16.4 Å². The molecule has 4 heteroatoms. The van der Waals surface area contributed by atoms with E-state index in [2.05, 4.69) is 20.9 Å². The Hall–Kier alpha value is -0.900. The number of aromatic nitrogens is 1. The highest BCUT2D eigenvalue weighted by Gasteiger charge is 2.29. The minimum absolute atomic E-state index is 0.0718. The van der Waals surface area contributed by atoms with Gasteiger partial charge in [0.15, 0.2) is 0 Å². The van der Waals surface area contributed by atoms with Crippen molar-refractivity contribution in [2.45, 2.75) is 43.5 Å². The molecule has 98 valence electrons. The average molecular weight is 311 g/mol. The third-order valence-corrected chi connectivity index (χ3v) is 4.66. The van der Waals surface area contributed by atoms with Gasteiger partial charge in [0.05, 0.1) is 5.56 Å². The second-order valence-corrected chi connectivity index (χ2v) is 6.21. The highest BCUT2D eigenvalue weighted by molar-refractivity contribution is 9.09. The molecule has 0 saturated heterocycles. The third-order valence-electron chi connectivity index (χ3n) is 3.59. The van der Waals surface area contributed by atoms with Crippen molar-refractivity contribution in [1.82, 2.24) is 9.88 Å². The lowest BCUT2D eigenvalue weighted by atomic mass is 9.94. The summed E-state index contributed by atoms with van der Waals surface area (Å²) in [6.07, 6.45) is 8.10. The van der Waals surface area contributed by atoms with Crippen LogP contribution in [0.4, 0.5) is 0 Å². The maximum atomic E-state index is 12.4. The fourth-order valence-electron chi connectivity index (χ4n) is 2.53. The summed E-state index contributed by atoms with van der Waals surface area (Å²) in [7, 11) is 1.90. The van der Waals surface area contributed by atoms with Crippen LogP contribution in [0.15, 0.2) is 18.5 Å². The fraction of sp³-hybridized carbons (Fsp3) is 0.571. The lowest BCUT2D eigenvalue weighted by Gasteiger charge is -2.35. The number of halogens is 1. The summed E-state index contributed by atoms with van der Waals surface area (Å²) >= 11 is 3.70. The van der Waals surface area contributed by atoms with Crippen LogP contribution in [0.3, 0.4) is 0 Å². The first kappa shape index (κ1) is 13.5. The third kappa shape index (κ3) is 2.91. The Morgan fingerprint density at radius 2 is 2.11 bits per heavy atom. The Labute approximate surface area is 117 Å². The molecule has 1 heterocycles. The van der Waals surface area contributed by atoms with E-state index in [-0.39, 0.29) is 5.91 Å². The Kier molecular flexibility index (Phi) is 4.38. The van der Waals surface area contributed by atoms with Gasteiger partial charge in [0.2, 0.25) is 0 Å². The second kappa shape index (κ2) is 5.83. The van der Waals surface area contributed by atoms with Gasteiger partial charge in [-0.15, -0.1) is 0 Å². The topological polar surface area (TPSA) is 33.2 Å². The zero-order valence-electron chi connectivity index (χ0n) is 10.9. The first-order valence-electron chi connectivity index (χ1n) is 6.42. The van der Waals surface area contributed by atoms with Crippen molar-refractivity contribution in [2.24, 2.45) is 0 Å². The van der Waals surface area contributed by atoms with Crippen molar-refractivity contribution in [3.63, 3.8) is 0 Å². The van der Waals surface area contributed by atoms with Gasteiger partial charge in [-0.25, -0.2) is 0 Å². The number of alkyl halides is 1. The predicted octanol–water partition coefficient (Wildman–Crippen LogP) is 3.17.